The van der Waals surface area contributed by atoms with Crippen molar-refractivity contribution in [1.29, 1.82) is 0 Å². The van der Waals surface area contributed by atoms with E-state index >= 15 is 0 Å². The molecule has 0 heterocycles. The van der Waals surface area contributed by atoms with E-state index in [9.17, 15) is 29.3 Å². The number of imide groups is 1. The van der Waals surface area contributed by atoms with Gasteiger partial charge in [-0.15, -0.1) is 0 Å². The molecule has 0 spiro atoms. The average Bonchev–Trinajstić information content (AvgIpc) is 3.00. The summed E-state index contributed by atoms with van der Waals surface area (Å²) in [4.78, 5) is 64.7. The van der Waals surface area contributed by atoms with Crippen LogP contribution in [0.2, 0.25) is 0 Å². The number of non-ortho nitro benzene ring substituents is 1. The Labute approximate surface area is 248 Å². The Morgan fingerprint density at radius 2 is 1.21 bits per heavy atom. The Hall–Kier alpha value is -5.64. The minimum atomic E-state index is -1.48. The lowest BCUT2D eigenvalue weighted by Gasteiger charge is -2.30. The first kappa shape index (κ1) is 30.3. The number of carbonyl (C=O) groups excluding carboxylic acids is 4. The fraction of sp³-hybridized carbons (Fsp3) is 0.152. The quantitative estimate of drug-likeness (QED) is 0.193. The van der Waals surface area contributed by atoms with Crippen molar-refractivity contribution in [2.24, 2.45) is 5.73 Å². The number of nitro groups is 1. The van der Waals surface area contributed by atoms with Gasteiger partial charge in [-0.2, -0.15) is 0 Å². The molecule has 43 heavy (non-hydrogen) atoms. The lowest BCUT2D eigenvalue weighted by molar-refractivity contribution is -0.384. The Kier molecular flexibility index (Phi) is 10.1. The second kappa shape index (κ2) is 14.3. The highest BCUT2D eigenvalue weighted by Gasteiger charge is 2.36. The highest BCUT2D eigenvalue weighted by molar-refractivity contribution is 6.02. The average molecular weight is 579 g/mol. The van der Waals surface area contributed by atoms with E-state index in [0.717, 1.165) is 4.90 Å². The maximum Gasteiger partial charge on any atom is 0.269 e. The molecule has 4 amide bonds. The molecule has 1 unspecified atom stereocenters. The number of hydrogen-bond acceptors (Lipinski definition) is 6. The second-order valence-electron chi connectivity index (χ2n) is 9.91. The van der Waals surface area contributed by atoms with Crippen molar-refractivity contribution in [1.82, 2.24) is 10.2 Å². The van der Waals surface area contributed by atoms with E-state index in [-0.39, 0.29) is 37.1 Å². The van der Waals surface area contributed by atoms with Crippen LogP contribution in [0.25, 0.3) is 0 Å². The maximum absolute atomic E-state index is 13.9. The monoisotopic (exact) mass is 578 g/mol. The van der Waals surface area contributed by atoms with Gasteiger partial charge in [0.25, 0.3) is 5.69 Å². The molecular weight excluding hydrogens is 548 g/mol. The number of nitro benzene ring substituents is 1. The first-order chi connectivity index (χ1) is 20.7. The molecule has 0 aromatic heterocycles. The molecular formula is C33H30N4O6. The number of benzene rings is 4. The van der Waals surface area contributed by atoms with Crippen molar-refractivity contribution >= 4 is 29.3 Å². The molecule has 10 nitrogen and oxygen atoms in total. The summed E-state index contributed by atoms with van der Waals surface area (Å²) in [6.07, 6.45) is -0.258. The van der Waals surface area contributed by atoms with E-state index in [1.54, 1.807) is 84.9 Å². The molecule has 0 aliphatic carbocycles. The third-order valence-corrected chi connectivity index (χ3v) is 6.71. The molecule has 4 aromatic rings. The fourth-order valence-electron chi connectivity index (χ4n) is 4.63. The normalized spacial score (nSPS) is 11.3. The van der Waals surface area contributed by atoms with Crippen LogP contribution >= 0.6 is 0 Å². The van der Waals surface area contributed by atoms with Crippen LogP contribution in [0.1, 0.15) is 33.9 Å². The van der Waals surface area contributed by atoms with E-state index in [4.69, 9.17) is 5.73 Å². The summed E-state index contributed by atoms with van der Waals surface area (Å²) in [5.74, 6) is -2.42. The Morgan fingerprint density at radius 3 is 1.72 bits per heavy atom. The Balaban J connectivity index is 1.70. The van der Waals surface area contributed by atoms with E-state index in [0.29, 0.717) is 22.3 Å². The third kappa shape index (κ3) is 8.43. The van der Waals surface area contributed by atoms with Crippen LogP contribution in [-0.4, -0.2) is 33.5 Å². The van der Waals surface area contributed by atoms with Gasteiger partial charge in [0.2, 0.25) is 23.6 Å². The van der Waals surface area contributed by atoms with Gasteiger partial charge in [0, 0.05) is 18.7 Å². The molecule has 10 heteroatoms. The van der Waals surface area contributed by atoms with Crippen molar-refractivity contribution in [2.45, 2.75) is 31.8 Å². The lowest BCUT2D eigenvalue weighted by atomic mass is 10.00. The van der Waals surface area contributed by atoms with Crippen LogP contribution in [0.15, 0.2) is 109 Å². The number of primary amides is 1. The number of rotatable bonds is 12. The van der Waals surface area contributed by atoms with Gasteiger partial charge in [0.1, 0.15) is 6.04 Å². The van der Waals surface area contributed by atoms with Gasteiger partial charge in [-0.05, 0) is 27.8 Å². The largest absolute Gasteiger partial charge is 0.369 e. The van der Waals surface area contributed by atoms with Gasteiger partial charge in [-0.3, -0.25) is 34.2 Å². The third-order valence-electron chi connectivity index (χ3n) is 6.71. The van der Waals surface area contributed by atoms with E-state index in [2.05, 4.69) is 5.32 Å². The lowest BCUT2D eigenvalue weighted by Crippen LogP contribution is -2.48. The first-order valence-electron chi connectivity index (χ1n) is 13.5. The summed E-state index contributed by atoms with van der Waals surface area (Å²) in [6, 6.07) is 28.3. The fourth-order valence-corrected chi connectivity index (χ4v) is 4.63. The van der Waals surface area contributed by atoms with Crippen molar-refractivity contribution in [3.63, 3.8) is 0 Å². The van der Waals surface area contributed by atoms with Gasteiger partial charge in [0.05, 0.1) is 24.2 Å². The molecule has 4 rings (SSSR count). The highest BCUT2D eigenvalue weighted by Crippen LogP contribution is 2.27. The summed E-state index contributed by atoms with van der Waals surface area (Å²) < 4.78 is 0. The number of amides is 4. The number of nitrogens with one attached hydrogen (secondary N) is 1. The van der Waals surface area contributed by atoms with Crippen molar-refractivity contribution < 1.29 is 24.1 Å². The van der Waals surface area contributed by atoms with E-state index < -0.39 is 34.6 Å². The predicted molar refractivity (Wildman–Crippen MR) is 159 cm³/mol. The van der Waals surface area contributed by atoms with Crippen LogP contribution in [-0.2, 0) is 45.0 Å². The maximum atomic E-state index is 13.9. The SMILES string of the molecule is NC(=O)Cc1ccc(CNC(=O)C(c2cccc([N+](=O)[O-])c2)N(C(=O)Cc2ccccc2)C(=O)Cc2ccccc2)cc1. The smallest absolute Gasteiger partial charge is 0.269 e. The second-order valence-corrected chi connectivity index (χ2v) is 9.91. The van der Waals surface area contributed by atoms with Crippen LogP contribution in [0.3, 0.4) is 0 Å². The van der Waals surface area contributed by atoms with Gasteiger partial charge >= 0.3 is 0 Å². The summed E-state index contributed by atoms with van der Waals surface area (Å²) in [7, 11) is 0. The highest BCUT2D eigenvalue weighted by atomic mass is 16.6. The van der Waals surface area contributed by atoms with Crippen molar-refractivity contribution in [3.05, 3.63) is 147 Å². The molecule has 4 aromatic carbocycles. The van der Waals surface area contributed by atoms with Gasteiger partial charge < -0.3 is 11.1 Å². The Morgan fingerprint density at radius 1 is 0.698 bits per heavy atom. The standard InChI is InChI=1S/C33H30N4O6/c34-29(38)18-25-14-16-26(17-15-25)22-35-33(41)32(27-12-7-13-28(21-27)37(42)43)36(30(39)19-23-8-3-1-4-9-23)31(40)20-24-10-5-2-6-11-24/h1-17,21,32H,18-20,22H2,(H2,34,38)(H,35,41). The molecule has 3 N–H and O–H groups in total. The summed E-state index contributed by atoms with van der Waals surface area (Å²) in [6.45, 7) is 0.0364. The number of nitrogens with two attached hydrogens (primary N) is 1. The minimum absolute atomic E-state index is 0.0364. The van der Waals surface area contributed by atoms with Gasteiger partial charge in [-0.25, -0.2) is 0 Å². The van der Waals surface area contributed by atoms with Crippen LogP contribution < -0.4 is 11.1 Å². The molecule has 1 atom stereocenters. The van der Waals surface area contributed by atoms with Crippen LogP contribution in [0.4, 0.5) is 5.69 Å². The molecule has 0 radical (unpaired) electrons. The molecule has 0 fully saturated rings. The number of hydrogen-bond donors (Lipinski definition) is 2. The zero-order chi connectivity index (χ0) is 30.8. The Bertz CT molecular complexity index is 1550. The molecule has 0 bridgehead atoms. The van der Waals surface area contributed by atoms with E-state index in [1.807, 2.05) is 0 Å². The van der Waals surface area contributed by atoms with Gasteiger partial charge in [-0.1, -0.05) is 97.1 Å². The number of carbonyl (C=O) groups is 4. The molecule has 0 aliphatic heterocycles. The van der Waals surface area contributed by atoms with Gasteiger partial charge in [0.15, 0.2) is 0 Å². The van der Waals surface area contributed by atoms with Crippen molar-refractivity contribution in [3.8, 4) is 0 Å². The topological polar surface area (TPSA) is 153 Å². The van der Waals surface area contributed by atoms with Crippen molar-refractivity contribution in [2.75, 3.05) is 0 Å². The molecule has 0 saturated heterocycles. The zero-order valence-electron chi connectivity index (χ0n) is 23.2. The summed E-state index contributed by atoms with van der Waals surface area (Å²) in [5.41, 5.74) is 7.76. The first-order valence-corrected chi connectivity index (χ1v) is 13.5. The van der Waals surface area contributed by atoms with Crippen LogP contribution in [0, 0.1) is 10.1 Å². The molecule has 0 aliphatic rings. The van der Waals surface area contributed by atoms with E-state index in [1.165, 1.54) is 24.3 Å². The van der Waals surface area contributed by atoms with Crippen LogP contribution in [0.5, 0.6) is 0 Å². The predicted octanol–water partition coefficient (Wildman–Crippen LogP) is 3.82. The minimum Gasteiger partial charge on any atom is -0.369 e. The summed E-state index contributed by atoms with van der Waals surface area (Å²) in [5, 5.41) is 14.4. The summed E-state index contributed by atoms with van der Waals surface area (Å²) >= 11 is 0. The number of nitrogens with zero attached hydrogens (tertiary/aromatic N) is 2. The zero-order valence-corrected chi connectivity index (χ0v) is 23.2. The molecule has 0 saturated carbocycles. The molecule has 218 valence electrons.